The van der Waals surface area contributed by atoms with Gasteiger partial charge in [-0.25, -0.2) is 9.97 Å². The van der Waals surface area contributed by atoms with Gasteiger partial charge in [0.15, 0.2) is 0 Å². The third kappa shape index (κ3) is 9.73. The molecule has 0 spiro atoms. The second-order valence-electron chi connectivity index (χ2n) is 14.5. The Balaban J connectivity index is 0.000000208. The van der Waals surface area contributed by atoms with Crippen molar-refractivity contribution in [2.45, 2.75) is 79.3 Å². The normalized spacial score (nSPS) is 19.6. The number of anilines is 4. The summed E-state index contributed by atoms with van der Waals surface area (Å²) in [4.78, 5) is 71.0. The van der Waals surface area contributed by atoms with E-state index in [1.165, 1.54) is 12.4 Å². The molecule has 4 aromatic rings. The first-order chi connectivity index (χ1) is 25.7. The van der Waals surface area contributed by atoms with Gasteiger partial charge in [-0.3, -0.25) is 29.1 Å². The number of rotatable bonds is 4. The molecule has 2 fully saturated rings. The van der Waals surface area contributed by atoms with Crippen molar-refractivity contribution in [2.24, 2.45) is 11.8 Å². The molecule has 6 rings (SSSR count). The number of piperidine rings is 2. The van der Waals surface area contributed by atoms with Gasteiger partial charge < -0.3 is 31.9 Å². The Morgan fingerprint density at radius 2 is 0.981 bits per heavy atom. The van der Waals surface area contributed by atoms with Crippen LogP contribution in [0, 0.1) is 39.5 Å². The minimum absolute atomic E-state index is 0.140. The molecule has 2 aliphatic rings. The molecule has 2 saturated heterocycles. The van der Waals surface area contributed by atoms with Gasteiger partial charge in [0.1, 0.15) is 11.6 Å². The monoisotopic (exact) mass is 734 g/mol. The van der Waals surface area contributed by atoms with Gasteiger partial charge in [-0.05, 0) is 112 Å². The highest BCUT2D eigenvalue weighted by molar-refractivity contribution is 6.40. The number of likely N-dealkylation sites (tertiary alicyclic amines) is 2. The first-order valence-corrected chi connectivity index (χ1v) is 18.2. The van der Waals surface area contributed by atoms with Crippen LogP contribution in [0.25, 0.3) is 0 Å². The standard InChI is InChI=1S/2C20H25N5O2/c2*1-12-4-7-17(15-6-5-14(3)22-9-15)25(11-12)20(27)19(26)24-16-8-13(2)18(21)23-10-16/h2*5-6,8-10,12,17H,4,7,11H2,1-3H3,(H2,21,23)(H,24,26)/t12-,17?;12-,17+/m01/s1. The molecule has 14 heteroatoms. The van der Waals surface area contributed by atoms with E-state index in [0.717, 1.165) is 59.3 Å². The molecule has 284 valence electrons. The highest BCUT2D eigenvalue weighted by Gasteiger charge is 2.36. The smallest absolute Gasteiger partial charge is 0.313 e. The zero-order valence-corrected chi connectivity index (χ0v) is 31.8. The lowest BCUT2D eigenvalue weighted by Gasteiger charge is -2.38. The lowest BCUT2D eigenvalue weighted by Crippen LogP contribution is -2.46. The number of nitrogen functional groups attached to an aromatic ring is 2. The SMILES string of the molecule is Cc1ccc(C2CC[C@H](C)CN2C(=O)C(=O)Nc2cnc(N)c(C)c2)cn1.Cc1ccc([C@@H]2CC[C@@H](C)CN2C(=O)C(=O)Nc2cnc(N)c(C)c2)cn1. The van der Waals surface area contributed by atoms with Crippen LogP contribution in [-0.4, -0.2) is 66.5 Å². The molecule has 0 aromatic carbocycles. The summed E-state index contributed by atoms with van der Waals surface area (Å²) in [5.74, 6) is -0.926. The molecule has 2 aliphatic heterocycles. The summed E-state index contributed by atoms with van der Waals surface area (Å²) in [6.07, 6.45) is 10.1. The van der Waals surface area contributed by atoms with Crippen molar-refractivity contribution in [1.82, 2.24) is 29.7 Å². The van der Waals surface area contributed by atoms with Crippen molar-refractivity contribution in [3.05, 3.63) is 94.8 Å². The van der Waals surface area contributed by atoms with Crippen molar-refractivity contribution in [2.75, 3.05) is 35.2 Å². The van der Waals surface area contributed by atoms with E-state index in [-0.39, 0.29) is 12.1 Å². The number of carbonyl (C=O) groups excluding carboxylic acids is 4. The van der Waals surface area contributed by atoms with Crippen molar-refractivity contribution in [3.63, 3.8) is 0 Å². The molecule has 14 nitrogen and oxygen atoms in total. The van der Waals surface area contributed by atoms with Crippen LogP contribution in [0.1, 0.15) is 85.3 Å². The summed E-state index contributed by atoms with van der Waals surface area (Å²) in [5, 5.41) is 5.28. The fourth-order valence-electron chi connectivity index (χ4n) is 6.74. The second kappa shape index (κ2) is 17.3. The van der Waals surface area contributed by atoms with E-state index in [0.29, 0.717) is 47.9 Å². The number of nitrogens with two attached hydrogens (primary N) is 2. The fourth-order valence-corrected chi connectivity index (χ4v) is 6.74. The number of aromatic nitrogens is 4. The molecule has 1 unspecified atom stereocenters. The predicted molar refractivity (Wildman–Crippen MR) is 208 cm³/mol. The van der Waals surface area contributed by atoms with Crippen LogP contribution in [0.2, 0.25) is 0 Å². The number of hydrogen-bond donors (Lipinski definition) is 4. The fraction of sp³-hybridized carbons (Fsp3) is 0.400. The zero-order valence-electron chi connectivity index (χ0n) is 31.8. The lowest BCUT2D eigenvalue weighted by atomic mass is 9.90. The van der Waals surface area contributed by atoms with Crippen LogP contribution in [0.3, 0.4) is 0 Å². The zero-order chi connectivity index (χ0) is 39.1. The van der Waals surface area contributed by atoms with Crippen LogP contribution < -0.4 is 22.1 Å². The van der Waals surface area contributed by atoms with Crippen molar-refractivity contribution in [3.8, 4) is 0 Å². The van der Waals surface area contributed by atoms with Crippen molar-refractivity contribution in [1.29, 1.82) is 0 Å². The van der Waals surface area contributed by atoms with Gasteiger partial charge in [-0.2, -0.15) is 0 Å². The molecule has 0 bridgehead atoms. The van der Waals surface area contributed by atoms with E-state index in [1.54, 1.807) is 48.2 Å². The number of carbonyl (C=O) groups is 4. The number of aryl methyl sites for hydroxylation is 4. The summed E-state index contributed by atoms with van der Waals surface area (Å²) in [5.41, 5.74) is 17.6. The molecule has 6 N–H and O–H groups in total. The minimum Gasteiger partial charge on any atom is -0.383 e. The second-order valence-corrected chi connectivity index (χ2v) is 14.5. The highest BCUT2D eigenvalue weighted by atomic mass is 16.2. The molecular weight excluding hydrogens is 685 g/mol. The Kier molecular flexibility index (Phi) is 12.6. The topological polar surface area (TPSA) is 202 Å². The molecule has 4 aromatic heterocycles. The quantitative estimate of drug-likeness (QED) is 0.201. The summed E-state index contributed by atoms with van der Waals surface area (Å²) in [6.45, 7) is 12.7. The first-order valence-electron chi connectivity index (χ1n) is 18.2. The Hall–Kier alpha value is -5.92. The average molecular weight is 735 g/mol. The number of nitrogens with zero attached hydrogens (tertiary/aromatic N) is 6. The average Bonchev–Trinajstić information content (AvgIpc) is 3.15. The Bertz CT molecular complexity index is 1840. The van der Waals surface area contributed by atoms with E-state index in [2.05, 4.69) is 44.4 Å². The molecule has 6 heterocycles. The van der Waals surface area contributed by atoms with Gasteiger partial charge in [-0.15, -0.1) is 0 Å². The lowest BCUT2D eigenvalue weighted by molar-refractivity contribution is -0.146. The number of amides is 4. The maximum atomic E-state index is 12.9. The van der Waals surface area contributed by atoms with Crippen LogP contribution in [0.4, 0.5) is 23.0 Å². The third-order valence-electron chi connectivity index (χ3n) is 9.94. The maximum Gasteiger partial charge on any atom is 0.313 e. The summed E-state index contributed by atoms with van der Waals surface area (Å²) >= 11 is 0. The molecule has 4 atom stereocenters. The van der Waals surface area contributed by atoms with E-state index in [9.17, 15) is 19.2 Å². The molecule has 54 heavy (non-hydrogen) atoms. The van der Waals surface area contributed by atoms with Crippen LogP contribution in [-0.2, 0) is 19.2 Å². The summed E-state index contributed by atoms with van der Waals surface area (Å²) in [7, 11) is 0. The number of nitrogens with one attached hydrogen (secondary N) is 2. The van der Waals surface area contributed by atoms with Gasteiger partial charge in [-0.1, -0.05) is 26.0 Å². The largest absolute Gasteiger partial charge is 0.383 e. The van der Waals surface area contributed by atoms with E-state index < -0.39 is 23.6 Å². The number of pyridine rings is 4. The minimum atomic E-state index is -0.667. The summed E-state index contributed by atoms with van der Waals surface area (Å²) in [6, 6.07) is 10.9. The Morgan fingerprint density at radius 1 is 0.593 bits per heavy atom. The van der Waals surface area contributed by atoms with E-state index in [1.807, 2.05) is 38.1 Å². The van der Waals surface area contributed by atoms with Crippen LogP contribution >= 0.6 is 0 Å². The molecule has 0 radical (unpaired) electrons. The number of hydrogen-bond acceptors (Lipinski definition) is 10. The van der Waals surface area contributed by atoms with Gasteiger partial charge >= 0.3 is 23.6 Å². The molecule has 4 amide bonds. The highest BCUT2D eigenvalue weighted by Crippen LogP contribution is 2.34. The van der Waals surface area contributed by atoms with Crippen molar-refractivity contribution >= 4 is 46.6 Å². The van der Waals surface area contributed by atoms with Gasteiger partial charge in [0.2, 0.25) is 0 Å². The maximum absolute atomic E-state index is 12.9. The van der Waals surface area contributed by atoms with E-state index >= 15 is 0 Å². The van der Waals surface area contributed by atoms with E-state index in [4.69, 9.17) is 11.5 Å². The molecule has 0 saturated carbocycles. The molecule has 0 aliphatic carbocycles. The predicted octanol–water partition coefficient (Wildman–Crippen LogP) is 5.23. The van der Waals surface area contributed by atoms with Gasteiger partial charge in [0, 0.05) is 36.9 Å². The van der Waals surface area contributed by atoms with Crippen LogP contribution in [0.15, 0.2) is 61.2 Å². The molecular formula is C40H50N10O4. The Morgan fingerprint density at radius 3 is 1.31 bits per heavy atom. The first kappa shape index (κ1) is 39.3. The van der Waals surface area contributed by atoms with Gasteiger partial charge in [0.25, 0.3) is 0 Å². The van der Waals surface area contributed by atoms with Gasteiger partial charge in [0.05, 0.1) is 35.9 Å². The van der Waals surface area contributed by atoms with Crippen molar-refractivity contribution < 1.29 is 19.2 Å². The summed E-state index contributed by atoms with van der Waals surface area (Å²) < 4.78 is 0. The van der Waals surface area contributed by atoms with Crippen LogP contribution in [0.5, 0.6) is 0 Å². The Labute approximate surface area is 316 Å². The third-order valence-corrected chi connectivity index (χ3v) is 9.94.